The van der Waals surface area contributed by atoms with Crippen molar-refractivity contribution in [2.24, 2.45) is 0 Å². The number of halogens is 1. The van der Waals surface area contributed by atoms with Crippen molar-refractivity contribution < 1.29 is 9.53 Å². The van der Waals surface area contributed by atoms with E-state index in [-0.39, 0.29) is 5.91 Å². The number of amides is 1. The van der Waals surface area contributed by atoms with Gasteiger partial charge in [-0.1, -0.05) is 35.9 Å². The third-order valence-electron chi connectivity index (χ3n) is 3.71. The number of hydrogen-bond donors (Lipinski definition) is 2. The van der Waals surface area contributed by atoms with Gasteiger partial charge < -0.3 is 15.4 Å². The lowest BCUT2D eigenvalue weighted by Gasteiger charge is -2.11. The molecule has 0 aliphatic heterocycles. The molecule has 0 radical (unpaired) electrons. The van der Waals surface area contributed by atoms with E-state index in [0.717, 1.165) is 5.56 Å². The number of ether oxygens (including phenoxy) is 1. The first-order valence-electron chi connectivity index (χ1n) is 8.49. The molecule has 1 aromatic heterocycles. The summed E-state index contributed by atoms with van der Waals surface area (Å²) < 4.78 is 5.51. The highest BCUT2D eigenvalue weighted by Gasteiger charge is 2.11. The van der Waals surface area contributed by atoms with E-state index in [1.54, 1.807) is 12.1 Å². The summed E-state index contributed by atoms with van der Waals surface area (Å²) in [6, 6.07) is 14.8. The molecule has 0 saturated heterocycles. The topological polar surface area (TPSA) is 76.1 Å². The molecule has 2 aromatic carbocycles. The van der Waals surface area contributed by atoms with E-state index in [1.165, 1.54) is 12.4 Å². The van der Waals surface area contributed by atoms with Crippen LogP contribution >= 0.6 is 11.6 Å². The molecular formula is C20H19ClN4O2. The van der Waals surface area contributed by atoms with Gasteiger partial charge in [-0.15, -0.1) is 0 Å². The molecule has 7 heteroatoms. The van der Waals surface area contributed by atoms with Gasteiger partial charge in [-0.2, -0.15) is 0 Å². The number of para-hydroxylation sites is 2. The van der Waals surface area contributed by atoms with Gasteiger partial charge >= 0.3 is 0 Å². The van der Waals surface area contributed by atoms with Gasteiger partial charge in [0.15, 0.2) is 0 Å². The van der Waals surface area contributed by atoms with Crippen LogP contribution < -0.4 is 15.4 Å². The minimum Gasteiger partial charge on any atom is -0.492 e. The average Bonchev–Trinajstić information content (AvgIpc) is 2.69. The third-order valence-corrected chi connectivity index (χ3v) is 3.96. The molecule has 6 nitrogen and oxygen atoms in total. The zero-order chi connectivity index (χ0) is 19.1. The van der Waals surface area contributed by atoms with E-state index >= 15 is 0 Å². The predicted octanol–water partition coefficient (Wildman–Crippen LogP) is 4.39. The summed E-state index contributed by atoms with van der Waals surface area (Å²) in [6.07, 6.45) is 2.96. The van der Waals surface area contributed by atoms with Gasteiger partial charge in [-0.05, 0) is 36.8 Å². The van der Waals surface area contributed by atoms with Gasteiger partial charge in [0.2, 0.25) is 5.95 Å². The zero-order valence-electron chi connectivity index (χ0n) is 14.8. The highest BCUT2D eigenvalue weighted by atomic mass is 35.5. The summed E-state index contributed by atoms with van der Waals surface area (Å²) >= 11 is 5.87. The Balaban J connectivity index is 1.61. The second-order valence-corrected chi connectivity index (χ2v) is 6.10. The summed E-state index contributed by atoms with van der Waals surface area (Å²) in [7, 11) is 0. The molecule has 0 aliphatic rings. The van der Waals surface area contributed by atoms with Crippen LogP contribution in [0.5, 0.6) is 5.75 Å². The minimum absolute atomic E-state index is 0.300. The first kappa shape index (κ1) is 18.7. The normalized spacial score (nSPS) is 10.3. The third kappa shape index (κ3) is 5.18. The van der Waals surface area contributed by atoms with Crippen molar-refractivity contribution in [2.75, 3.05) is 17.2 Å². The number of nitrogens with zero attached hydrogens (tertiary/aromatic N) is 2. The first-order valence-corrected chi connectivity index (χ1v) is 8.87. The molecule has 0 aliphatic carbocycles. The Hall–Kier alpha value is -3.12. The maximum atomic E-state index is 12.4. The Morgan fingerprint density at radius 1 is 1.07 bits per heavy atom. The second kappa shape index (κ2) is 9.00. The minimum atomic E-state index is -0.300. The van der Waals surface area contributed by atoms with E-state index < -0.39 is 0 Å². The smallest absolute Gasteiger partial charge is 0.258 e. The van der Waals surface area contributed by atoms with Gasteiger partial charge in [0.1, 0.15) is 5.75 Å². The van der Waals surface area contributed by atoms with E-state index in [4.69, 9.17) is 16.3 Å². The highest BCUT2D eigenvalue weighted by molar-refractivity contribution is 6.30. The summed E-state index contributed by atoms with van der Waals surface area (Å²) in [5.74, 6) is 0.762. The standard InChI is InChI=1S/C20H19ClN4O2/c1-2-27-18-6-4-3-5-17(18)25-19(26)15-12-23-20(24-13-15)22-11-14-7-9-16(21)10-8-14/h3-10,12-13H,2,11H2,1H3,(H,25,26)(H,22,23,24). The van der Waals surface area contributed by atoms with Gasteiger partial charge in [0.05, 0.1) is 17.9 Å². The van der Waals surface area contributed by atoms with E-state index in [0.29, 0.717) is 41.1 Å². The van der Waals surface area contributed by atoms with Crippen LogP contribution in [0.4, 0.5) is 11.6 Å². The molecule has 1 heterocycles. The van der Waals surface area contributed by atoms with Crippen molar-refractivity contribution in [1.82, 2.24) is 9.97 Å². The van der Waals surface area contributed by atoms with Crippen LogP contribution in [-0.4, -0.2) is 22.5 Å². The molecule has 3 rings (SSSR count). The maximum absolute atomic E-state index is 12.4. The molecule has 0 saturated carbocycles. The van der Waals surface area contributed by atoms with E-state index in [1.807, 2.05) is 43.3 Å². The van der Waals surface area contributed by atoms with Crippen molar-refractivity contribution in [3.63, 3.8) is 0 Å². The fraction of sp³-hybridized carbons (Fsp3) is 0.150. The average molecular weight is 383 g/mol. The number of nitrogens with one attached hydrogen (secondary N) is 2. The van der Waals surface area contributed by atoms with Crippen molar-refractivity contribution in [1.29, 1.82) is 0 Å². The Morgan fingerprint density at radius 2 is 1.78 bits per heavy atom. The van der Waals surface area contributed by atoms with Gasteiger partial charge in [-0.3, -0.25) is 4.79 Å². The van der Waals surface area contributed by atoms with Gasteiger partial charge in [-0.25, -0.2) is 9.97 Å². The number of carbonyl (C=O) groups excluding carboxylic acids is 1. The molecule has 1 amide bonds. The Kier molecular flexibility index (Phi) is 6.22. The molecule has 138 valence electrons. The molecule has 0 fully saturated rings. The predicted molar refractivity (Wildman–Crippen MR) is 106 cm³/mol. The summed E-state index contributed by atoms with van der Waals surface area (Å²) in [4.78, 5) is 20.8. The number of rotatable bonds is 7. The van der Waals surface area contributed by atoms with Crippen molar-refractivity contribution in [3.8, 4) is 5.75 Å². The summed E-state index contributed by atoms with van der Waals surface area (Å²) in [5, 5.41) is 6.61. The lowest BCUT2D eigenvalue weighted by molar-refractivity contribution is 0.102. The number of benzene rings is 2. The maximum Gasteiger partial charge on any atom is 0.258 e. The summed E-state index contributed by atoms with van der Waals surface area (Å²) in [5.41, 5.74) is 2.02. The van der Waals surface area contributed by atoms with E-state index in [9.17, 15) is 4.79 Å². The van der Waals surface area contributed by atoms with Crippen molar-refractivity contribution >= 4 is 29.1 Å². The SMILES string of the molecule is CCOc1ccccc1NC(=O)c1cnc(NCc2ccc(Cl)cc2)nc1. The largest absolute Gasteiger partial charge is 0.492 e. The zero-order valence-corrected chi connectivity index (χ0v) is 15.5. The molecule has 0 spiro atoms. The Bertz CT molecular complexity index is 899. The quantitative estimate of drug-likeness (QED) is 0.633. The van der Waals surface area contributed by atoms with Crippen LogP contribution in [-0.2, 0) is 6.54 Å². The molecule has 2 N–H and O–H groups in total. The fourth-order valence-corrected chi connectivity index (χ4v) is 2.49. The Morgan fingerprint density at radius 3 is 2.48 bits per heavy atom. The van der Waals surface area contributed by atoms with Crippen LogP contribution in [0.3, 0.4) is 0 Å². The number of aromatic nitrogens is 2. The van der Waals surface area contributed by atoms with Crippen LogP contribution in [0.25, 0.3) is 0 Å². The summed E-state index contributed by atoms with van der Waals surface area (Å²) in [6.45, 7) is 2.97. The van der Waals surface area contributed by atoms with Crippen LogP contribution in [0.1, 0.15) is 22.8 Å². The first-order chi connectivity index (χ1) is 13.2. The fourth-order valence-electron chi connectivity index (χ4n) is 2.37. The number of anilines is 2. The van der Waals surface area contributed by atoms with Crippen LogP contribution in [0.2, 0.25) is 5.02 Å². The monoisotopic (exact) mass is 382 g/mol. The lowest BCUT2D eigenvalue weighted by Crippen LogP contribution is -2.14. The lowest BCUT2D eigenvalue weighted by atomic mass is 10.2. The van der Waals surface area contributed by atoms with Crippen molar-refractivity contribution in [2.45, 2.75) is 13.5 Å². The molecule has 0 atom stereocenters. The molecule has 0 unspecified atom stereocenters. The van der Waals surface area contributed by atoms with Crippen LogP contribution in [0.15, 0.2) is 60.9 Å². The number of carbonyl (C=O) groups is 1. The highest BCUT2D eigenvalue weighted by Crippen LogP contribution is 2.24. The Labute approximate surface area is 162 Å². The van der Waals surface area contributed by atoms with Crippen molar-refractivity contribution in [3.05, 3.63) is 77.1 Å². The molecule has 0 bridgehead atoms. The second-order valence-electron chi connectivity index (χ2n) is 5.66. The molecule has 3 aromatic rings. The molecular weight excluding hydrogens is 364 g/mol. The van der Waals surface area contributed by atoms with Crippen LogP contribution in [0, 0.1) is 0 Å². The van der Waals surface area contributed by atoms with E-state index in [2.05, 4.69) is 20.6 Å². The van der Waals surface area contributed by atoms with Gasteiger partial charge in [0.25, 0.3) is 5.91 Å². The number of hydrogen-bond acceptors (Lipinski definition) is 5. The molecule has 27 heavy (non-hydrogen) atoms. The van der Waals surface area contributed by atoms with Gasteiger partial charge in [0, 0.05) is 24.0 Å².